The molecule has 2 rings (SSSR count). The lowest BCUT2D eigenvalue weighted by molar-refractivity contribution is 0.863. The van der Waals surface area contributed by atoms with Crippen LogP contribution < -0.4 is 5.32 Å². The average molecular weight is 214 g/mol. The molecule has 4 heteroatoms. The van der Waals surface area contributed by atoms with Gasteiger partial charge in [0.25, 0.3) is 0 Å². The maximum Gasteiger partial charge on any atom is 0.130 e. The summed E-state index contributed by atoms with van der Waals surface area (Å²) in [6, 6.07) is 6.06. The van der Waals surface area contributed by atoms with Gasteiger partial charge in [-0.2, -0.15) is 0 Å². The zero-order chi connectivity index (χ0) is 11.4. The van der Waals surface area contributed by atoms with E-state index in [1.54, 1.807) is 18.6 Å². The van der Waals surface area contributed by atoms with E-state index in [4.69, 9.17) is 0 Å². The second-order valence-corrected chi connectivity index (χ2v) is 3.64. The topological polar surface area (TPSA) is 50.7 Å². The van der Waals surface area contributed by atoms with E-state index in [2.05, 4.69) is 27.2 Å². The van der Waals surface area contributed by atoms with E-state index in [-0.39, 0.29) is 6.04 Å². The Balaban J connectivity index is 2.11. The summed E-state index contributed by atoms with van der Waals surface area (Å²) >= 11 is 0. The third-order valence-corrected chi connectivity index (χ3v) is 2.35. The van der Waals surface area contributed by atoms with Crippen LogP contribution in [0, 0.1) is 6.92 Å². The smallest absolute Gasteiger partial charge is 0.130 e. The van der Waals surface area contributed by atoms with Crippen LogP contribution in [0.15, 0.2) is 36.8 Å². The van der Waals surface area contributed by atoms with Crippen molar-refractivity contribution >= 4 is 5.82 Å². The maximum absolute atomic E-state index is 4.30. The Kier molecular flexibility index (Phi) is 3.10. The molecule has 0 amide bonds. The van der Waals surface area contributed by atoms with Crippen LogP contribution >= 0.6 is 0 Å². The molecule has 0 fully saturated rings. The van der Waals surface area contributed by atoms with Crippen molar-refractivity contribution in [2.24, 2.45) is 0 Å². The molecule has 0 saturated heterocycles. The van der Waals surface area contributed by atoms with Crippen molar-refractivity contribution in [2.75, 3.05) is 5.32 Å². The van der Waals surface area contributed by atoms with Gasteiger partial charge in [0.15, 0.2) is 0 Å². The summed E-state index contributed by atoms with van der Waals surface area (Å²) in [4.78, 5) is 12.4. The Morgan fingerprint density at radius 2 is 1.88 bits per heavy atom. The van der Waals surface area contributed by atoms with Gasteiger partial charge in [-0.25, -0.2) is 9.97 Å². The van der Waals surface area contributed by atoms with Crippen LogP contribution in [-0.4, -0.2) is 15.0 Å². The molecule has 0 spiro atoms. The largest absolute Gasteiger partial charge is 0.363 e. The van der Waals surface area contributed by atoms with Gasteiger partial charge < -0.3 is 5.32 Å². The summed E-state index contributed by atoms with van der Waals surface area (Å²) in [5, 5.41) is 3.32. The number of rotatable bonds is 3. The highest BCUT2D eigenvalue weighted by Gasteiger charge is 2.05. The van der Waals surface area contributed by atoms with Gasteiger partial charge in [-0.3, -0.25) is 4.98 Å². The van der Waals surface area contributed by atoms with E-state index < -0.39 is 0 Å². The Morgan fingerprint density at radius 3 is 2.56 bits per heavy atom. The number of nitrogens with one attached hydrogen (secondary N) is 1. The third-order valence-electron chi connectivity index (χ3n) is 2.35. The summed E-state index contributed by atoms with van der Waals surface area (Å²) in [5.41, 5.74) is 1.19. The minimum atomic E-state index is 0.206. The maximum atomic E-state index is 4.30. The molecule has 2 heterocycles. The first-order valence-corrected chi connectivity index (χ1v) is 5.22. The van der Waals surface area contributed by atoms with E-state index in [1.165, 1.54) is 5.56 Å². The zero-order valence-electron chi connectivity index (χ0n) is 9.38. The molecule has 2 aromatic rings. The molecule has 2 aromatic heterocycles. The first-order chi connectivity index (χ1) is 7.75. The van der Waals surface area contributed by atoms with E-state index in [0.717, 1.165) is 11.6 Å². The number of hydrogen-bond acceptors (Lipinski definition) is 4. The minimum absolute atomic E-state index is 0.206. The molecule has 0 aliphatic carbocycles. The van der Waals surface area contributed by atoms with Crippen LogP contribution in [0.4, 0.5) is 5.82 Å². The second-order valence-electron chi connectivity index (χ2n) is 3.64. The van der Waals surface area contributed by atoms with Crippen LogP contribution in [-0.2, 0) is 0 Å². The number of hydrogen-bond donors (Lipinski definition) is 1. The molecule has 0 radical (unpaired) electrons. The van der Waals surface area contributed by atoms with Crippen molar-refractivity contribution in [2.45, 2.75) is 19.9 Å². The summed E-state index contributed by atoms with van der Waals surface area (Å²) < 4.78 is 0. The average Bonchev–Trinajstić information content (AvgIpc) is 2.30. The monoisotopic (exact) mass is 214 g/mol. The predicted octanol–water partition coefficient (Wildman–Crippen LogP) is 2.35. The highest BCUT2D eigenvalue weighted by molar-refractivity contribution is 5.36. The summed E-state index contributed by atoms with van der Waals surface area (Å²) in [5.74, 6) is 1.61. The second kappa shape index (κ2) is 4.70. The fourth-order valence-electron chi connectivity index (χ4n) is 1.49. The summed E-state index contributed by atoms with van der Waals surface area (Å²) in [6.07, 6.45) is 5.33. The van der Waals surface area contributed by atoms with Crippen molar-refractivity contribution in [3.05, 3.63) is 48.2 Å². The van der Waals surface area contributed by atoms with Crippen molar-refractivity contribution in [3.63, 3.8) is 0 Å². The van der Waals surface area contributed by atoms with E-state index in [1.807, 2.05) is 25.1 Å². The molecule has 4 nitrogen and oxygen atoms in total. The van der Waals surface area contributed by atoms with Crippen molar-refractivity contribution < 1.29 is 0 Å². The number of pyridine rings is 1. The van der Waals surface area contributed by atoms with E-state index >= 15 is 0 Å². The predicted molar refractivity (Wildman–Crippen MR) is 63.0 cm³/mol. The Labute approximate surface area is 94.8 Å². The van der Waals surface area contributed by atoms with Gasteiger partial charge in [0.05, 0.1) is 6.04 Å². The third kappa shape index (κ3) is 2.53. The summed E-state index contributed by atoms with van der Waals surface area (Å²) in [6.45, 7) is 3.97. The molecule has 1 N–H and O–H groups in total. The van der Waals surface area contributed by atoms with Crippen LogP contribution in [0.5, 0.6) is 0 Å². The lowest BCUT2D eigenvalue weighted by Gasteiger charge is -2.14. The SMILES string of the molecule is Cc1nccc(NC(C)c2ccncc2)n1. The molecule has 0 aliphatic heterocycles. The molecule has 1 unspecified atom stereocenters. The number of anilines is 1. The minimum Gasteiger partial charge on any atom is -0.363 e. The summed E-state index contributed by atoms with van der Waals surface area (Å²) in [7, 11) is 0. The van der Waals surface area contributed by atoms with Gasteiger partial charge in [0.1, 0.15) is 11.6 Å². The van der Waals surface area contributed by atoms with Gasteiger partial charge in [-0.05, 0) is 37.6 Å². The highest BCUT2D eigenvalue weighted by atomic mass is 15.0. The fraction of sp³-hybridized carbons (Fsp3) is 0.250. The first kappa shape index (κ1) is 10.5. The highest BCUT2D eigenvalue weighted by Crippen LogP contribution is 2.16. The van der Waals surface area contributed by atoms with Crippen molar-refractivity contribution in [1.82, 2.24) is 15.0 Å². The number of aromatic nitrogens is 3. The molecule has 0 bridgehead atoms. The lowest BCUT2D eigenvalue weighted by atomic mass is 10.1. The fourth-order valence-corrected chi connectivity index (χ4v) is 1.49. The quantitative estimate of drug-likeness (QED) is 0.852. The molecule has 0 saturated carbocycles. The van der Waals surface area contributed by atoms with E-state index in [0.29, 0.717) is 0 Å². The van der Waals surface area contributed by atoms with Gasteiger partial charge >= 0.3 is 0 Å². The van der Waals surface area contributed by atoms with Crippen molar-refractivity contribution in [1.29, 1.82) is 0 Å². The van der Waals surface area contributed by atoms with Crippen LogP contribution in [0.25, 0.3) is 0 Å². The molecule has 0 aliphatic rings. The Hall–Kier alpha value is -1.97. The normalized spacial score (nSPS) is 12.1. The van der Waals surface area contributed by atoms with Gasteiger partial charge in [-0.15, -0.1) is 0 Å². The van der Waals surface area contributed by atoms with E-state index in [9.17, 15) is 0 Å². The van der Waals surface area contributed by atoms with Crippen LogP contribution in [0.1, 0.15) is 24.4 Å². The molecular weight excluding hydrogens is 200 g/mol. The first-order valence-electron chi connectivity index (χ1n) is 5.22. The van der Waals surface area contributed by atoms with Crippen molar-refractivity contribution in [3.8, 4) is 0 Å². The molecular formula is C12H14N4. The van der Waals surface area contributed by atoms with Gasteiger partial charge in [0.2, 0.25) is 0 Å². The standard InChI is InChI=1S/C12H14N4/c1-9(11-3-6-13-7-4-11)15-12-5-8-14-10(2)16-12/h3-9H,1-2H3,(H,14,15,16). The van der Waals surface area contributed by atoms with Gasteiger partial charge in [0, 0.05) is 18.6 Å². The van der Waals surface area contributed by atoms with Crippen LogP contribution in [0.2, 0.25) is 0 Å². The number of nitrogens with zero attached hydrogens (tertiary/aromatic N) is 3. The molecule has 82 valence electrons. The molecule has 0 aromatic carbocycles. The number of aryl methyl sites for hydroxylation is 1. The van der Waals surface area contributed by atoms with Crippen LogP contribution in [0.3, 0.4) is 0 Å². The molecule has 1 atom stereocenters. The zero-order valence-corrected chi connectivity index (χ0v) is 9.38. The Morgan fingerprint density at radius 1 is 1.12 bits per heavy atom. The lowest BCUT2D eigenvalue weighted by Crippen LogP contribution is -2.08. The Bertz CT molecular complexity index is 456. The van der Waals surface area contributed by atoms with Gasteiger partial charge in [-0.1, -0.05) is 0 Å². The molecule has 16 heavy (non-hydrogen) atoms.